The average molecular weight is 781 g/mol. The van der Waals surface area contributed by atoms with Crippen LogP contribution < -0.4 is 19.3 Å². The zero-order chi connectivity index (χ0) is 40.7. The summed E-state index contributed by atoms with van der Waals surface area (Å²) in [4.78, 5) is 4.66. The zero-order valence-electron chi connectivity index (χ0n) is 34.2. The number of nitrogens with zero attached hydrogens (tertiary/aromatic N) is 2. The van der Waals surface area contributed by atoms with Crippen LogP contribution >= 0.6 is 0 Å². The molecule has 0 aliphatic heterocycles. The van der Waals surface area contributed by atoms with Gasteiger partial charge in [-0.1, -0.05) is 127 Å². The second kappa shape index (κ2) is 17.7. The molecule has 7 aromatic rings. The second-order valence-corrected chi connectivity index (χ2v) is 15.2. The van der Waals surface area contributed by atoms with Crippen LogP contribution in [0.5, 0.6) is 11.5 Å². The molecule has 0 bridgehead atoms. The van der Waals surface area contributed by atoms with Crippen LogP contribution in [-0.2, 0) is 0 Å². The smallest absolute Gasteiger partial charge is 0.120 e. The summed E-state index contributed by atoms with van der Waals surface area (Å²) in [5, 5.41) is 0. The molecule has 0 atom stereocenters. The first-order valence-electron chi connectivity index (χ1n) is 20.7. The minimum atomic E-state index is 0.827. The fraction of sp³-hybridized carbons (Fsp3) is 0.107. The van der Waals surface area contributed by atoms with Gasteiger partial charge in [-0.3, -0.25) is 0 Å². The fourth-order valence-electron chi connectivity index (χ4n) is 8.34. The van der Waals surface area contributed by atoms with Crippen molar-refractivity contribution in [1.82, 2.24) is 0 Å². The van der Waals surface area contributed by atoms with Crippen molar-refractivity contribution >= 4 is 34.0 Å². The molecule has 0 aromatic heterocycles. The number of rotatable bonds is 12. The lowest BCUT2D eigenvalue weighted by Gasteiger charge is -2.31. The highest BCUT2D eigenvalue weighted by atomic mass is 16.5. The van der Waals surface area contributed by atoms with Crippen LogP contribution in [-0.4, -0.2) is 14.2 Å². The standard InChI is InChI=1S/C56H48N2O2/c1-59-55-17-9-15-53(39-55)57(49-31-23-45(24-32-49)41-11-5-3-6-12-41)51-35-27-47(28-36-51)43-19-21-44(22-20-43)48-29-37-52(38-30-48)58(54-16-10-18-56(40-54)60-2)50-33-25-46(26-34-50)42-13-7-4-8-14-42/h3-19,21,23-29,31-37,39-40H,20,22,30,38H2,1-2H3. The molecule has 4 nitrogen and oxygen atoms in total. The maximum atomic E-state index is 5.64. The van der Waals surface area contributed by atoms with Crippen LogP contribution in [0, 0.1) is 0 Å². The van der Waals surface area contributed by atoms with Crippen molar-refractivity contribution < 1.29 is 9.47 Å². The average Bonchev–Trinajstić information content (AvgIpc) is 3.33. The summed E-state index contributed by atoms with van der Waals surface area (Å²) in [6, 6.07) is 64.3. The van der Waals surface area contributed by atoms with E-state index in [1.54, 1.807) is 14.2 Å². The summed E-state index contributed by atoms with van der Waals surface area (Å²) in [5.41, 5.74) is 17.0. The Kier molecular flexibility index (Phi) is 11.3. The van der Waals surface area contributed by atoms with Crippen LogP contribution in [0.25, 0.3) is 27.8 Å². The number of ether oxygens (including phenoxy) is 2. The first-order valence-corrected chi connectivity index (χ1v) is 20.7. The van der Waals surface area contributed by atoms with E-state index in [4.69, 9.17) is 9.47 Å². The van der Waals surface area contributed by atoms with Gasteiger partial charge in [0, 0.05) is 46.3 Å². The van der Waals surface area contributed by atoms with Crippen molar-refractivity contribution in [2.24, 2.45) is 0 Å². The number of hydrogen-bond acceptors (Lipinski definition) is 4. The van der Waals surface area contributed by atoms with E-state index in [9.17, 15) is 0 Å². The lowest BCUT2D eigenvalue weighted by molar-refractivity contribution is 0.415. The third kappa shape index (κ3) is 8.32. The van der Waals surface area contributed by atoms with Crippen LogP contribution in [0.4, 0.5) is 28.4 Å². The summed E-state index contributed by atoms with van der Waals surface area (Å²) in [7, 11) is 3.44. The summed E-state index contributed by atoms with van der Waals surface area (Å²) in [6.45, 7) is 0. The minimum absolute atomic E-state index is 0.827. The summed E-state index contributed by atoms with van der Waals surface area (Å²) in [5.74, 6) is 1.67. The Balaban J connectivity index is 0.955. The molecule has 9 rings (SSSR count). The van der Waals surface area contributed by atoms with Crippen molar-refractivity contribution in [3.8, 4) is 33.8 Å². The van der Waals surface area contributed by atoms with Gasteiger partial charge >= 0.3 is 0 Å². The van der Waals surface area contributed by atoms with Gasteiger partial charge in [0.1, 0.15) is 11.5 Å². The lowest BCUT2D eigenvalue weighted by Crippen LogP contribution is -2.18. The van der Waals surface area contributed by atoms with E-state index >= 15 is 0 Å². The van der Waals surface area contributed by atoms with Crippen molar-refractivity contribution in [3.05, 3.63) is 229 Å². The van der Waals surface area contributed by atoms with Crippen LogP contribution in [0.2, 0.25) is 0 Å². The van der Waals surface area contributed by atoms with Crippen LogP contribution in [0.15, 0.2) is 223 Å². The van der Waals surface area contributed by atoms with Gasteiger partial charge in [0.2, 0.25) is 0 Å². The molecule has 294 valence electrons. The van der Waals surface area contributed by atoms with Gasteiger partial charge in [-0.25, -0.2) is 0 Å². The molecular weight excluding hydrogens is 733 g/mol. The summed E-state index contributed by atoms with van der Waals surface area (Å²) in [6.07, 6.45) is 13.3. The molecule has 2 aliphatic carbocycles. The number of hydrogen-bond donors (Lipinski definition) is 0. The quantitative estimate of drug-likeness (QED) is 0.123. The Morgan fingerprint density at radius 2 is 0.717 bits per heavy atom. The molecule has 0 saturated carbocycles. The maximum Gasteiger partial charge on any atom is 0.120 e. The maximum absolute atomic E-state index is 5.64. The minimum Gasteiger partial charge on any atom is -0.497 e. The molecule has 0 fully saturated rings. The molecule has 0 radical (unpaired) electrons. The Hall–Kier alpha value is -7.30. The number of methoxy groups -OCH3 is 2. The van der Waals surface area contributed by atoms with Crippen LogP contribution in [0.3, 0.4) is 0 Å². The predicted molar refractivity (Wildman–Crippen MR) is 251 cm³/mol. The van der Waals surface area contributed by atoms with Crippen molar-refractivity contribution in [1.29, 1.82) is 0 Å². The second-order valence-electron chi connectivity index (χ2n) is 15.2. The normalized spacial score (nSPS) is 13.6. The van der Waals surface area contributed by atoms with E-state index in [1.165, 1.54) is 50.2 Å². The molecule has 0 amide bonds. The highest BCUT2D eigenvalue weighted by Crippen LogP contribution is 2.41. The molecule has 60 heavy (non-hydrogen) atoms. The Bertz CT molecular complexity index is 2690. The van der Waals surface area contributed by atoms with Gasteiger partial charge in [0.15, 0.2) is 0 Å². The first kappa shape index (κ1) is 38.2. The zero-order valence-corrected chi connectivity index (χ0v) is 34.2. The van der Waals surface area contributed by atoms with Gasteiger partial charge in [0.25, 0.3) is 0 Å². The van der Waals surface area contributed by atoms with E-state index in [-0.39, 0.29) is 0 Å². The van der Waals surface area contributed by atoms with E-state index < -0.39 is 0 Å². The third-order valence-electron chi connectivity index (χ3n) is 11.6. The predicted octanol–water partition coefficient (Wildman–Crippen LogP) is 15.1. The summed E-state index contributed by atoms with van der Waals surface area (Å²) < 4.78 is 11.3. The Morgan fingerprint density at radius 1 is 0.317 bits per heavy atom. The van der Waals surface area contributed by atoms with E-state index in [0.29, 0.717) is 0 Å². The van der Waals surface area contributed by atoms with E-state index in [0.717, 1.165) is 65.6 Å². The molecule has 0 heterocycles. The van der Waals surface area contributed by atoms with Crippen molar-refractivity contribution in [2.45, 2.75) is 25.7 Å². The fourth-order valence-corrected chi connectivity index (χ4v) is 8.34. The highest BCUT2D eigenvalue weighted by Gasteiger charge is 2.21. The first-order chi connectivity index (χ1) is 29.6. The molecule has 0 saturated heterocycles. The van der Waals surface area contributed by atoms with Crippen molar-refractivity contribution in [2.75, 3.05) is 24.0 Å². The van der Waals surface area contributed by atoms with Gasteiger partial charge in [0.05, 0.1) is 14.2 Å². The van der Waals surface area contributed by atoms with E-state index in [1.807, 2.05) is 18.2 Å². The molecule has 0 N–H and O–H groups in total. The molecule has 7 aromatic carbocycles. The Morgan fingerprint density at radius 3 is 1.17 bits per heavy atom. The molecule has 2 aliphatic rings. The number of anilines is 5. The monoisotopic (exact) mass is 780 g/mol. The topological polar surface area (TPSA) is 24.9 Å². The Labute approximate surface area is 354 Å². The van der Waals surface area contributed by atoms with Crippen LogP contribution in [0.1, 0.15) is 31.2 Å². The van der Waals surface area contributed by atoms with Gasteiger partial charge in [-0.15, -0.1) is 0 Å². The SMILES string of the molecule is COc1cccc(N(C2=CC=C(C3=CC=C(c4ccc(N(c5ccc(-c6ccccc6)cc5)c5cccc(OC)c5)cc4)CC3)CC2)c2ccc(-c3ccccc3)cc2)c1. The lowest BCUT2D eigenvalue weighted by atomic mass is 9.86. The third-order valence-corrected chi connectivity index (χ3v) is 11.6. The number of benzene rings is 7. The van der Waals surface area contributed by atoms with E-state index in [2.05, 4.69) is 198 Å². The summed E-state index contributed by atoms with van der Waals surface area (Å²) >= 11 is 0. The number of allylic oxidation sites excluding steroid dienone is 8. The van der Waals surface area contributed by atoms with Crippen molar-refractivity contribution in [3.63, 3.8) is 0 Å². The highest BCUT2D eigenvalue weighted by molar-refractivity contribution is 5.81. The molecule has 4 heteroatoms. The molecule has 0 unspecified atom stereocenters. The largest absolute Gasteiger partial charge is 0.497 e. The van der Waals surface area contributed by atoms with Gasteiger partial charge in [-0.2, -0.15) is 0 Å². The molecule has 0 spiro atoms. The van der Waals surface area contributed by atoms with Gasteiger partial charge < -0.3 is 19.3 Å². The van der Waals surface area contributed by atoms with Gasteiger partial charge in [-0.05, 0) is 137 Å². The molecular formula is C56H48N2O2.